The van der Waals surface area contributed by atoms with Gasteiger partial charge in [0.15, 0.2) is 0 Å². The molecule has 116 valence electrons. The lowest BCUT2D eigenvalue weighted by atomic mass is 9.48. The first kappa shape index (κ1) is 14.7. The summed E-state index contributed by atoms with van der Waals surface area (Å²) in [6, 6.07) is 8.14. The molecule has 1 aliphatic carbocycles. The third kappa shape index (κ3) is 2.04. The highest BCUT2D eigenvalue weighted by molar-refractivity contribution is 5.49. The second-order valence-electron chi connectivity index (χ2n) is 7.00. The van der Waals surface area contributed by atoms with E-state index in [4.69, 9.17) is 15.2 Å². The maximum atomic E-state index is 6.81. The Kier molecular flexibility index (Phi) is 3.41. The van der Waals surface area contributed by atoms with Crippen LogP contribution < -0.4 is 15.4 Å². The fourth-order valence-corrected chi connectivity index (χ4v) is 4.12. The molecular weight excluding hydrogens is 264 g/mol. The largest absolute Gasteiger partial charge is 0.497 e. The van der Waals surface area contributed by atoms with Crippen molar-refractivity contribution in [3.05, 3.63) is 24.3 Å². The van der Waals surface area contributed by atoms with Gasteiger partial charge in [0.2, 0.25) is 0 Å². The number of anilines is 1. The Bertz CT molecular complexity index is 514. The summed E-state index contributed by atoms with van der Waals surface area (Å²) in [5, 5.41) is 0. The number of hydrogen-bond acceptors (Lipinski definition) is 4. The van der Waals surface area contributed by atoms with Gasteiger partial charge in [-0.05, 0) is 30.7 Å². The second-order valence-corrected chi connectivity index (χ2v) is 7.00. The summed E-state index contributed by atoms with van der Waals surface area (Å²) in [4.78, 5) is 2.25. The van der Waals surface area contributed by atoms with Gasteiger partial charge in [0.25, 0.3) is 0 Å². The minimum Gasteiger partial charge on any atom is -0.497 e. The van der Waals surface area contributed by atoms with Crippen molar-refractivity contribution in [3.63, 3.8) is 0 Å². The zero-order valence-electron chi connectivity index (χ0n) is 13.4. The van der Waals surface area contributed by atoms with Crippen LogP contribution in [0.3, 0.4) is 0 Å². The molecule has 0 radical (unpaired) electrons. The van der Waals surface area contributed by atoms with Crippen molar-refractivity contribution in [2.45, 2.75) is 31.9 Å². The molecule has 2 N–H and O–H groups in total. The number of fused-ring (bicyclic) bond motifs is 1. The van der Waals surface area contributed by atoms with Crippen molar-refractivity contribution >= 4 is 5.69 Å². The molecule has 1 saturated carbocycles. The summed E-state index contributed by atoms with van der Waals surface area (Å²) in [6.07, 6.45) is 1.41. The van der Waals surface area contributed by atoms with Gasteiger partial charge in [-0.15, -0.1) is 0 Å². The van der Waals surface area contributed by atoms with E-state index in [1.165, 1.54) is 5.69 Å². The molecular formula is C17H26N2O2. The topological polar surface area (TPSA) is 47.7 Å². The average Bonchev–Trinajstić information content (AvgIpc) is 2.96. The van der Waals surface area contributed by atoms with Crippen LogP contribution in [0, 0.1) is 11.3 Å². The number of nitrogens with two attached hydrogens (primary N) is 1. The fraction of sp³-hybridized carbons (Fsp3) is 0.647. The molecule has 1 heterocycles. The third-order valence-corrected chi connectivity index (χ3v) is 5.68. The van der Waals surface area contributed by atoms with Crippen LogP contribution in [0.2, 0.25) is 0 Å². The lowest BCUT2D eigenvalue weighted by molar-refractivity contribution is -0.150. The normalized spacial score (nSPS) is 33.2. The number of methoxy groups -OCH3 is 1. The highest BCUT2D eigenvalue weighted by Gasteiger charge is 2.67. The van der Waals surface area contributed by atoms with E-state index in [-0.39, 0.29) is 11.0 Å². The molecule has 0 spiro atoms. The van der Waals surface area contributed by atoms with E-state index in [9.17, 15) is 0 Å². The van der Waals surface area contributed by atoms with Crippen LogP contribution in [0.25, 0.3) is 0 Å². The van der Waals surface area contributed by atoms with Crippen molar-refractivity contribution in [1.82, 2.24) is 0 Å². The van der Waals surface area contributed by atoms with Gasteiger partial charge in [-0.3, -0.25) is 0 Å². The molecule has 1 aromatic carbocycles. The summed E-state index contributed by atoms with van der Waals surface area (Å²) in [6.45, 7) is 6.17. The SMILES string of the molecule is COc1ccc(N(C)CC2(N)C3CCOC3C2(C)C)cc1. The van der Waals surface area contributed by atoms with E-state index in [0.717, 1.165) is 25.3 Å². The molecule has 4 nitrogen and oxygen atoms in total. The van der Waals surface area contributed by atoms with Crippen LogP contribution in [-0.4, -0.2) is 39.0 Å². The van der Waals surface area contributed by atoms with E-state index < -0.39 is 0 Å². The van der Waals surface area contributed by atoms with Crippen molar-refractivity contribution in [1.29, 1.82) is 0 Å². The number of hydrogen-bond donors (Lipinski definition) is 1. The molecule has 3 atom stereocenters. The van der Waals surface area contributed by atoms with Crippen molar-refractivity contribution < 1.29 is 9.47 Å². The predicted octanol–water partition coefficient (Wildman–Crippen LogP) is 2.27. The Morgan fingerprint density at radius 1 is 1.33 bits per heavy atom. The molecule has 1 aromatic rings. The Morgan fingerprint density at radius 3 is 2.62 bits per heavy atom. The predicted molar refractivity (Wildman–Crippen MR) is 84.8 cm³/mol. The number of likely N-dealkylation sites (N-methyl/N-ethyl adjacent to an activating group) is 1. The van der Waals surface area contributed by atoms with Gasteiger partial charge < -0.3 is 20.1 Å². The van der Waals surface area contributed by atoms with E-state index in [1.807, 2.05) is 12.1 Å². The van der Waals surface area contributed by atoms with Crippen LogP contribution in [0.4, 0.5) is 5.69 Å². The first-order chi connectivity index (χ1) is 9.90. The average molecular weight is 290 g/mol. The van der Waals surface area contributed by atoms with Gasteiger partial charge in [-0.25, -0.2) is 0 Å². The number of benzene rings is 1. The van der Waals surface area contributed by atoms with Gasteiger partial charge in [0.1, 0.15) is 5.75 Å². The van der Waals surface area contributed by atoms with E-state index in [2.05, 4.69) is 37.9 Å². The van der Waals surface area contributed by atoms with E-state index >= 15 is 0 Å². The Morgan fingerprint density at radius 2 is 2.00 bits per heavy atom. The first-order valence-corrected chi connectivity index (χ1v) is 7.66. The quantitative estimate of drug-likeness (QED) is 0.924. The maximum Gasteiger partial charge on any atom is 0.119 e. The van der Waals surface area contributed by atoms with Gasteiger partial charge in [-0.1, -0.05) is 13.8 Å². The molecule has 2 fully saturated rings. The van der Waals surface area contributed by atoms with Gasteiger partial charge in [-0.2, -0.15) is 0 Å². The molecule has 4 heteroatoms. The van der Waals surface area contributed by atoms with Crippen LogP contribution in [-0.2, 0) is 4.74 Å². The fourth-order valence-electron chi connectivity index (χ4n) is 4.12. The molecule has 1 saturated heterocycles. The van der Waals surface area contributed by atoms with Gasteiger partial charge in [0.05, 0.1) is 13.2 Å². The molecule has 3 unspecified atom stereocenters. The molecule has 1 aliphatic heterocycles. The summed E-state index contributed by atoms with van der Waals surface area (Å²) in [7, 11) is 3.79. The van der Waals surface area contributed by atoms with Gasteiger partial charge in [0, 0.05) is 42.8 Å². The molecule has 0 bridgehead atoms. The number of ether oxygens (including phenoxy) is 2. The van der Waals surface area contributed by atoms with Crippen molar-refractivity contribution in [2.75, 3.05) is 32.2 Å². The zero-order valence-corrected chi connectivity index (χ0v) is 13.4. The molecule has 3 rings (SSSR count). The second kappa shape index (κ2) is 4.89. The zero-order chi connectivity index (χ0) is 15.3. The minimum atomic E-state index is -0.192. The lowest BCUT2D eigenvalue weighted by Gasteiger charge is -2.63. The lowest BCUT2D eigenvalue weighted by Crippen LogP contribution is -2.78. The Balaban J connectivity index is 1.75. The molecule has 2 aliphatic rings. The summed E-state index contributed by atoms with van der Waals surface area (Å²) in [5.74, 6) is 1.36. The molecule has 0 aromatic heterocycles. The monoisotopic (exact) mass is 290 g/mol. The van der Waals surface area contributed by atoms with Crippen LogP contribution in [0.1, 0.15) is 20.3 Å². The highest BCUT2D eigenvalue weighted by atomic mass is 16.5. The smallest absolute Gasteiger partial charge is 0.119 e. The van der Waals surface area contributed by atoms with E-state index in [1.54, 1.807) is 7.11 Å². The molecule has 21 heavy (non-hydrogen) atoms. The Hall–Kier alpha value is -1.26. The number of nitrogens with zero attached hydrogens (tertiary/aromatic N) is 1. The van der Waals surface area contributed by atoms with Crippen LogP contribution in [0.15, 0.2) is 24.3 Å². The Labute approximate surface area is 127 Å². The minimum absolute atomic E-state index is 0.0227. The van der Waals surface area contributed by atoms with Crippen LogP contribution >= 0.6 is 0 Å². The summed E-state index contributed by atoms with van der Waals surface area (Å²) < 4.78 is 11.1. The van der Waals surface area contributed by atoms with Crippen molar-refractivity contribution in [3.8, 4) is 5.75 Å². The highest BCUT2D eigenvalue weighted by Crippen LogP contribution is 2.58. The van der Waals surface area contributed by atoms with E-state index in [0.29, 0.717) is 12.0 Å². The molecule has 0 amide bonds. The summed E-state index contributed by atoms with van der Waals surface area (Å²) in [5.41, 5.74) is 7.81. The van der Waals surface area contributed by atoms with Crippen molar-refractivity contribution in [2.24, 2.45) is 17.1 Å². The summed E-state index contributed by atoms with van der Waals surface area (Å²) >= 11 is 0. The van der Waals surface area contributed by atoms with Crippen LogP contribution in [0.5, 0.6) is 5.75 Å². The third-order valence-electron chi connectivity index (χ3n) is 5.68. The first-order valence-electron chi connectivity index (χ1n) is 7.66. The standard InChI is InChI=1S/C17H26N2O2/c1-16(2)15-14(9-10-21-15)17(16,18)11-19(3)12-5-7-13(20-4)8-6-12/h5-8,14-15H,9-11,18H2,1-4H3. The van der Waals surface area contributed by atoms with Gasteiger partial charge >= 0.3 is 0 Å². The maximum absolute atomic E-state index is 6.81. The number of rotatable bonds is 4.